The zero-order valence-corrected chi connectivity index (χ0v) is 23.6. The van der Waals surface area contributed by atoms with Gasteiger partial charge in [0.1, 0.15) is 0 Å². The van der Waals surface area contributed by atoms with Gasteiger partial charge in [-0.15, -0.1) is 0 Å². The van der Waals surface area contributed by atoms with E-state index in [4.69, 9.17) is 0 Å². The Labute approximate surface area is 225 Å². The highest BCUT2D eigenvalue weighted by Gasteiger charge is 2.18. The van der Waals surface area contributed by atoms with Gasteiger partial charge in [-0.25, -0.2) is 4.79 Å². The average molecular weight is 505 g/mol. The van der Waals surface area contributed by atoms with Crippen molar-refractivity contribution in [1.29, 1.82) is 0 Å². The van der Waals surface area contributed by atoms with Gasteiger partial charge in [-0.2, -0.15) is 0 Å². The number of benzene rings is 2. The summed E-state index contributed by atoms with van der Waals surface area (Å²) in [6, 6.07) is 12.8. The lowest BCUT2D eigenvalue weighted by atomic mass is 9.87. The van der Waals surface area contributed by atoms with Gasteiger partial charge in [-0.3, -0.25) is 4.79 Å². The van der Waals surface area contributed by atoms with Crippen LogP contribution in [0, 0.1) is 23.7 Å². The smallest absolute Gasteiger partial charge is 0.335 e. The van der Waals surface area contributed by atoms with Crippen LogP contribution in [0.15, 0.2) is 42.5 Å². The molecule has 0 amide bonds. The van der Waals surface area contributed by atoms with E-state index in [-0.39, 0.29) is 11.3 Å². The van der Waals surface area contributed by atoms with E-state index in [1.807, 2.05) is 6.07 Å². The Morgan fingerprint density at radius 3 is 1.68 bits per heavy atom. The van der Waals surface area contributed by atoms with Crippen molar-refractivity contribution in [2.45, 2.75) is 105 Å². The summed E-state index contributed by atoms with van der Waals surface area (Å²) in [7, 11) is 0. The first kappa shape index (κ1) is 29.1. The number of rotatable bonds is 3. The molecule has 1 N–H and O–H groups in total. The van der Waals surface area contributed by atoms with Crippen molar-refractivity contribution in [3.63, 3.8) is 0 Å². The minimum Gasteiger partial charge on any atom is -0.478 e. The van der Waals surface area contributed by atoms with Crippen LogP contribution in [-0.4, -0.2) is 16.9 Å². The third-order valence-electron chi connectivity index (χ3n) is 8.48. The van der Waals surface area contributed by atoms with Crippen molar-refractivity contribution in [3.8, 4) is 0 Å². The highest BCUT2D eigenvalue weighted by atomic mass is 16.4. The molecular weight excluding hydrogens is 456 g/mol. The fourth-order valence-corrected chi connectivity index (χ4v) is 5.88. The summed E-state index contributed by atoms with van der Waals surface area (Å²) in [6.07, 6.45) is 14.9. The molecule has 37 heavy (non-hydrogen) atoms. The number of carbonyl (C=O) groups excluding carboxylic acids is 1. The van der Waals surface area contributed by atoms with Crippen LogP contribution < -0.4 is 0 Å². The van der Waals surface area contributed by atoms with E-state index in [9.17, 15) is 14.7 Å². The molecule has 2 aromatic rings. The van der Waals surface area contributed by atoms with Gasteiger partial charge in [0, 0.05) is 11.1 Å². The molecule has 0 fully saturated rings. The van der Waals surface area contributed by atoms with Gasteiger partial charge in [0.25, 0.3) is 0 Å². The predicted molar refractivity (Wildman–Crippen MR) is 154 cm³/mol. The summed E-state index contributed by atoms with van der Waals surface area (Å²) in [6.45, 7) is 9.55. The fraction of sp³-hybridized carbons (Fsp3) is 0.588. The number of hydrogen-bond donors (Lipinski definition) is 1. The predicted octanol–water partition coefficient (Wildman–Crippen LogP) is 9.16. The number of aryl methyl sites for hydroxylation is 1. The third kappa shape index (κ3) is 9.43. The maximum Gasteiger partial charge on any atom is 0.335 e. The summed E-state index contributed by atoms with van der Waals surface area (Å²) in [5.74, 6) is 1.87. The van der Waals surface area contributed by atoms with Crippen LogP contribution in [0.4, 0.5) is 0 Å². The van der Waals surface area contributed by atoms with Crippen LogP contribution in [0.2, 0.25) is 0 Å². The zero-order chi connectivity index (χ0) is 26.8. The second kappa shape index (κ2) is 14.5. The van der Waals surface area contributed by atoms with Crippen LogP contribution >= 0.6 is 0 Å². The van der Waals surface area contributed by atoms with E-state index >= 15 is 0 Å². The van der Waals surface area contributed by atoms with E-state index in [0.29, 0.717) is 17.4 Å². The molecule has 2 bridgehead atoms. The van der Waals surface area contributed by atoms with Crippen molar-refractivity contribution in [1.82, 2.24) is 0 Å². The van der Waals surface area contributed by atoms with Crippen LogP contribution in [0.3, 0.4) is 0 Å². The molecule has 2 aromatic carbocycles. The average Bonchev–Trinajstić information content (AvgIpc) is 2.87. The summed E-state index contributed by atoms with van der Waals surface area (Å²) < 4.78 is 0. The molecule has 4 unspecified atom stereocenters. The standard InChI is InChI=1S/C34H48O3/c1-24-8-5-9-25(2)11-7-13-27(4)22-31-23-28(15-14-26(3)12-6-10-24)16-21-32(31)33(35)29-17-19-30(20-18-29)34(36)37/h16-21,23-27H,5-15,22H2,1-4H3,(H,36,37). The number of ketones is 1. The molecule has 0 aliphatic heterocycles. The van der Waals surface area contributed by atoms with E-state index in [1.54, 1.807) is 12.1 Å². The molecule has 0 saturated carbocycles. The third-order valence-corrected chi connectivity index (χ3v) is 8.48. The van der Waals surface area contributed by atoms with Crippen LogP contribution in [0.25, 0.3) is 0 Å². The van der Waals surface area contributed by atoms with Gasteiger partial charge in [0.15, 0.2) is 5.78 Å². The molecule has 0 saturated heterocycles. The molecule has 1 aliphatic rings. The molecule has 0 spiro atoms. The second-order valence-corrected chi connectivity index (χ2v) is 12.2. The van der Waals surface area contributed by atoms with Crippen molar-refractivity contribution < 1.29 is 14.7 Å². The van der Waals surface area contributed by atoms with Crippen molar-refractivity contribution >= 4 is 11.8 Å². The Kier molecular flexibility index (Phi) is 11.4. The number of carboxylic acid groups (broad SMARTS) is 1. The van der Waals surface area contributed by atoms with Crippen LogP contribution in [-0.2, 0) is 12.8 Å². The Bertz CT molecular complexity index is 1010. The molecule has 0 radical (unpaired) electrons. The Morgan fingerprint density at radius 2 is 1.14 bits per heavy atom. The van der Waals surface area contributed by atoms with E-state index in [0.717, 1.165) is 35.8 Å². The molecule has 3 rings (SSSR count). The SMILES string of the molecule is CC1CCCC(C)CCCC(C)Cc2cc(ccc2C(=O)c2ccc(C(=O)O)cc2)CCC(C)CCC1. The molecule has 1 aliphatic carbocycles. The van der Waals surface area contributed by atoms with Gasteiger partial charge in [-0.1, -0.05) is 116 Å². The van der Waals surface area contributed by atoms with Gasteiger partial charge in [-0.05, 0) is 66.2 Å². The summed E-state index contributed by atoms with van der Waals surface area (Å²) in [4.78, 5) is 24.7. The van der Waals surface area contributed by atoms with Crippen LogP contribution in [0.1, 0.15) is 129 Å². The van der Waals surface area contributed by atoms with Crippen LogP contribution in [0.5, 0.6) is 0 Å². The number of carboxylic acids is 1. The first-order chi connectivity index (χ1) is 17.7. The highest BCUT2D eigenvalue weighted by Crippen LogP contribution is 2.27. The van der Waals surface area contributed by atoms with Gasteiger partial charge >= 0.3 is 5.97 Å². The minimum atomic E-state index is -0.975. The minimum absolute atomic E-state index is 0.0137. The second-order valence-electron chi connectivity index (χ2n) is 12.2. The topological polar surface area (TPSA) is 54.4 Å². The maximum absolute atomic E-state index is 13.5. The zero-order valence-electron chi connectivity index (χ0n) is 23.6. The number of aromatic carboxylic acids is 1. The molecule has 0 aromatic heterocycles. The van der Waals surface area contributed by atoms with Crippen molar-refractivity contribution in [3.05, 3.63) is 70.3 Å². The molecule has 202 valence electrons. The Morgan fingerprint density at radius 1 is 0.649 bits per heavy atom. The first-order valence-electron chi connectivity index (χ1n) is 14.7. The normalized spacial score (nSPS) is 24.9. The van der Waals surface area contributed by atoms with E-state index < -0.39 is 5.97 Å². The van der Waals surface area contributed by atoms with E-state index in [1.165, 1.54) is 81.9 Å². The summed E-state index contributed by atoms with van der Waals surface area (Å²) in [5, 5.41) is 9.21. The lowest BCUT2D eigenvalue weighted by molar-refractivity contribution is 0.0696. The highest BCUT2D eigenvalue weighted by molar-refractivity contribution is 6.10. The largest absolute Gasteiger partial charge is 0.478 e. The maximum atomic E-state index is 13.5. The quantitative estimate of drug-likeness (QED) is 0.424. The Balaban J connectivity index is 1.80. The first-order valence-corrected chi connectivity index (χ1v) is 14.7. The number of hydrogen-bond acceptors (Lipinski definition) is 2. The van der Waals surface area contributed by atoms with Crippen molar-refractivity contribution in [2.75, 3.05) is 0 Å². The lowest BCUT2D eigenvalue weighted by Gasteiger charge is -2.18. The molecule has 4 atom stereocenters. The lowest BCUT2D eigenvalue weighted by Crippen LogP contribution is -2.11. The molecule has 0 heterocycles. The summed E-state index contributed by atoms with van der Waals surface area (Å²) >= 11 is 0. The number of carbonyl (C=O) groups is 2. The monoisotopic (exact) mass is 504 g/mol. The van der Waals surface area contributed by atoms with Gasteiger partial charge in [0.05, 0.1) is 5.56 Å². The van der Waals surface area contributed by atoms with Gasteiger partial charge in [0.2, 0.25) is 0 Å². The molecule has 3 heteroatoms. The molecular formula is C34H48O3. The van der Waals surface area contributed by atoms with Crippen molar-refractivity contribution in [2.24, 2.45) is 23.7 Å². The molecule has 3 nitrogen and oxygen atoms in total. The number of fused-ring (bicyclic) bond motifs is 2. The fourth-order valence-electron chi connectivity index (χ4n) is 5.88. The Hall–Kier alpha value is -2.42. The van der Waals surface area contributed by atoms with Gasteiger partial charge < -0.3 is 5.11 Å². The van der Waals surface area contributed by atoms with E-state index in [2.05, 4.69) is 39.8 Å². The summed E-state index contributed by atoms with van der Waals surface area (Å²) in [5.41, 5.74) is 3.99.